The monoisotopic (exact) mass is 506 g/mol. The van der Waals surface area contributed by atoms with E-state index in [1.807, 2.05) is 60.7 Å². The van der Waals surface area contributed by atoms with E-state index in [0.29, 0.717) is 23.9 Å². The van der Waals surface area contributed by atoms with Gasteiger partial charge in [0.15, 0.2) is 0 Å². The third-order valence-corrected chi connectivity index (χ3v) is 7.41. The number of hydrogen-bond acceptors (Lipinski definition) is 4. The van der Waals surface area contributed by atoms with Crippen LogP contribution < -0.4 is 16.0 Å². The zero-order valence-corrected chi connectivity index (χ0v) is 22.2. The van der Waals surface area contributed by atoms with Crippen molar-refractivity contribution in [2.45, 2.75) is 45.1 Å². The van der Waals surface area contributed by atoms with E-state index in [1.54, 1.807) is 0 Å². The lowest BCUT2D eigenvalue weighted by molar-refractivity contribution is 0.0935. The van der Waals surface area contributed by atoms with Gasteiger partial charge in [-0.2, -0.15) is 0 Å². The third-order valence-electron chi connectivity index (χ3n) is 7.41. The van der Waals surface area contributed by atoms with Crippen molar-refractivity contribution in [3.05, 3.63) is 83.9 Å². The van der Waals surface area contributed by atoms with Gasteiger partial charge in [0, 0.05) is 29.6 Å². The molecule has 3 N–H and O–H groups in total. The standard InChI is InChI=1S/C33H38N4O/c1-24-19-29(24)23-35-32-22-28(21-31(37-32)27-12-6-3-7-13-27)33(38)36-30(20-26-9-4-2-5-10-26)16-18-34-17-8-11-25-14-15-25/h2-7,9-10,12-13,21-22,24-25,29-30,34H,14-20,23H2,1H3,(H,35,37)(H,36,38)/t24-,29?,30+/m0/s1. The number of rotatable bonds is 12. The van der Waals surface area contributed by atoms with Crippen molar-refractivity contribution in [1.82, 2.24) is 15.6 Å². The van der Waals surface area contributed by atoms with Crippen LogP contribution in [0, 0.1) is 29.6 Å². The lowest BCUT2D eigenvalue weighted by Crippen LogP contribution is -2.38. The number of nitrogens with zero attached hydrogens (tertiary/aromatic N) is 1. The number of aromatic nitrogens is 1. The first-order chi connectivity index (χ1) is 18.6. The first-order valence-electron chi connectivity index (χ1n) is 14.0. The summed E-state index contributed by atoms with van der Waals surface area (Å²) in [7, 11) is 0. The molecular formula is C33H38N4O. The fourth-order valence-corrected chi connectivity index (χ4v) is 4.67. The number of benzene rings is 2. The van der Waals surface area contributed by atoms with Gasteiger partial charge in [0.25, 0.3) is 5.91 Å². The largest absolute Gasteiger partial charge is 0.370 e. The van der Waals surface area contributed by atoms with Gasteiger partial charge in [-0.25, -0.2) is 4.98 Å². The Bertz CT molecular complexity index is 1260. The maximum Gasteiger partial charge on any atom is 0.251 e. The van der Waals surface area contributed by atoms with Crippen LogP contribution in [0.5, 0.6) is 0 Å². The molecule has 1 heterocycles. The molecule has 3 atom stereocenters. The Labute approximate surface area is 226 Å². The molecule has 196 valence electrons. The molecule has 5 heteroatoms. The fraction of sp³-hybridized carbons (Fsp3) is 0.394. The molecule has 2 aliphatic rings. The summed E-state index contributed by atoms with van der Waals surface area (Å²) in [6.45, 7) is 4.66. The van der Waals surface area contributed by atoms with Crippen LogP contribution in [0.25, 0.3) is 11.3 Å². The lowest BCUT2D eigenvalue weighted by Gasteiger charge is -2.20. The molecule has 0 radical (unpaired) electrons. The van der Waals surface area contributed by atoms with E-state index >= 15 is 0 Å². The molecule has 5 nitrogen and oxygen atoms in total. The molecule has 1 amide bonds. The van der Waals surface area contributed by atoms with Crippen LogP contribution in [-0.4, -0.2) is 36.6 Å². The molecule has 2 saturated carbocycles. The zero-order chi connectivity index (χ0) is 26.2. The van der Waals surface area contributed by atoms with Crippen LogP contribution in [0.2, 0.25) is 0 Å². The summed E-state index contributed by atoms with van der Waals surface area (Å²) in [6, 6.07) is 24.2. The summed E-state index contributed by atoms with van der Waals surface area (Å²) in [4.78, 5) is 18.4. The molecule has 2 aliphatic carbocycles. The Kier molecular flexibility index (Phi) is 8.73. The van der Waals surface area contributed by atoms with Crippen LogP contribution in [0.3, 0.4) is 0 Å². The fourth-order valence-electron chi connectivity index (χ4n) is 4.67. The molecule has 0 saturated heterocycles. The molecule has 5 rings (SSSR count). The van der Waals surface area contributed by atoms with Gasteiger partial charge in [0.05, 0.1) is 12.2 Å². The van der Waals surface area contributed by atoms with E-state index in [2.05, 4.69) is 46.8 Å². The molecule has 0 aliphatic heterocycles. The maximum atomic E-state index is 13.6. The first-order valence-corrected chi connectivity index (χ1v) is 14.0. The van der Waals surface area contributed by atoms with Crippen molar-refractivity contribution in [3.63, 3.8) is 0 Å². The molecule has 3 aromatic rings. The van der Waals surface area contributed by atoms with Crippen molar-refractivity contribution in [1.29, 1.82) is 0 Å². The van der Waals surface area contributed by atoms with Crippen molar-refractivity contribution < 1.29 is 4.79 Å². The highest BCUT2D eigenvalue weighted by atomic mass is 16.1. The molecule has 0 spiro atoms. The number of hydrogen-bond donors (Lipinski definition) is 3. The summed E-state index contributed by atoms with van der Waals surface area (Å²) >= 11 is 0. The van der Waals surface area contributed by atoms with E-state index in [4.69, 9.17) is 4.98 Å². The minimum Gasteiger partial charge on any atom is -0.370 e. The molecule has 1 unspecified atom stereocenters. The Balaban J connectivity index is 1.28. The second kappa shape index (κ2) is 12.8. The second-order valence-electron chi connectivity index (χ2n) is 10.8. The maximum absolute atomic E-state index is 13.6. The van der Waals surface area contributed by atoms with Gasteiger partial charge in [-0.1, -0.05) is 79.4 Å². The van der Waals surface area contributed by atoms with Gasteiger partial charge in [-0.05, 0) is 68.2 Å². The first kappa shape index (κ1) is 26.0. The van der Waals surface area contributed by atoms with Crippen molar-refractivity contribution in [3.8, 4) is 23.1 Å². The summed E-state index contributed by atoms with van der Waals surface area (Å²) in [5.74, 6) is 9.28. The normalized spacial score (nSPS) is 18.7. The van der Waals surface area contributed by atoms with E-state index in [-0.39, 0.29) is 11.9 Å². The number of nitrogens with one attached hydrogen (secondary N) is 3. The van der Waals surface area contributed by atoms with Crippen LogP contribution >= 0.6 is 0 Å². The van der Waals surface area contributed by atoms with E-state index in [9.17, 15) is 4.79 Å². The third kappa shape index (κ3) is 7.94. The van der Waals surface area contributed by atoms with E-state index < -0.39 is 0 Å². The Morgan fingerprint density at radius 1 is 1.05 bits per heavy atom. The zero-order valence-electron chi connectivity index (χ0n) is 22.2. The van der Waals surface area contributed by atoms with Gasteiger partial charge in [-0.15, -0.1) is 0 Å². The molecular weight excluding hydrogens is 468 g/mol. The molecule has 2 aromatic carbocycles. The highest BCUT2D eigenvalue weighted by molar-refractivity contribution is 5.96. The van der Waals surface area contributed by atoms with Crippen molar-refractivity contribution in [2.24, 2.45) is 17.8 Å². The van der Waals surface area contributed by atoms with Gasteiger partial charge in [0.2, 0.25) is 0 Å². The highest BCUT2D eigenvalue weighted by Crippen LogP contribution is 2.37. The van der Waals surface area contributed by atoms with Crippen LogP contribution in [-0.2, 0) is 6.42 Å². The SMILES string of the molecule is C[C@H]1CC1CNc1cc(C(=O)N[C@H](CCNCC#CC2CC2)Cc2ccccc2)cc(-c2ccccc2)n1. The average Bonchev–Trinajstić information content (AvgIpc) is 3.88. The number of anilines is 1. The van der Waals surface area contributed by atoms with Crippen molar-refractivity contribution >= 4 is 11.7 Å². The Morgan fingerprint density at radius 2 is 1.79 bits per heavy atom. The average molecular weight is 507 g/mol. The predicted molar refractivity (Wildman–Crippen MR) is 155 cm³/mol. The Hall–Kier alpha value is -3.62. The summed E-state index contributed by atoms with van der Waals surface area (Å²) in [5.41, 5.74) is 3.65. The summed E-state index contributed by atoms with van der Waals surface area (Å²) in [5, 5.41) is 10.2. The minimum atomic E-state index is -0.0677. The molecule has 1 aromatic heterocycles. The molecule has 0 bridgehead atoms. The predicted octanol–water partition coefficient (Wildman–Crippen LogP) is 5.55. The number of pyridine rings is 1. The second-order valence-corrected chi connectivity index (χ2v) is 10.8. The van der Waals surface area contributed by atoms with E-state index in [1.165, 1.54) is 24.8 Å². The quantitative estimate of drug-likeness (QED) is 0.223. The number of amides is 1. The summed E-state index contributed by atoms with van der Waals surface area (Å²) in [6.07, 6.45) is 5.35. The molecule has 38 heavy (non-hydrogen) atoms. The topological polar surface area (TPSA) is 66.1 Å². The van der Waals surface area contributed by atoms with E-state index in [0.717, 1.165) is 48.9 Å². The number of carbonyl (C=O) groups is 1. The lowest BCUT2D eigenvalue weighted by atomic mass is 10.0. The highest BCUT2D eigenvalue weighted by Gasteiger charge is 2.32. The smallest absolute Gasteiger partial charge is 0.251 e. The minimum absolute atomic E-state index is 0.00542. The number of carbonyl (C=O) groups excluding carboxylic acids is 1. The van der Waals surface area contributed by atoms with Crippen LogP contribution in [0.4, 0.5) is 5.82 Å². The van der Waals surface area contributed by atoms with Gasteiger partial charge in [0.1, 0.15) is 5.82 Å². The van der Waals surface area contributed by atoms with Gasteiger partial charge in [-0.3, -0.25) is 4.79 Å². The van der Waals surface area contributed by atoms with Crippen LogP contribution in [0.1, 0.15) is 48.5 Å². The summed E-state index contributed by atoms with van der Waals surface area (Å²) < 4.78 is 0. The van der Waals surface area contributed by atoms with Crippen LogP contribution in [0.15, 0.2) is 72.8 Å². The molecule has 2 fully saturated rings. The van der Waals surface area contributed by atoms with Gasteiger partial charge >= 0.3 is 0 Å². The Morgan fingerprint density at radius 3 is 2.50 bits per heavy atom. The van der Waals surface area contributed by atoms with Gasteiger partial charge < -0.3 is 16.0 Å². The van der Waals surface area contributed by atoms with Crippen molar-refractivity contribution in [2.75, 3.05) is 25.0 Å².